The van der Waals surface area contributed by atoms with E-state index in [0.29, 0.717) is 11.6 Å². The van der Waals surface area contributed by atoms with Crippen LogP contribution in [0, 0.1) is 11.6 Å². The third kappa shape index (κ3) is 5.67. The summed E-state index contributed by atoms with van der Waals surface area (Å²) in [4.78, 5) is 31.9. The molecule has 1 N–H and O–H groups in total. The Morgan fingerprint density at radius 2 is 1.79 bits per heavy atom. The third-order valence-electron chi connectivity index (χ3n) is 6.66. The van der Waals surface area contributed by atoms with Gasteiger partial charge < -0.3 is 19.5 Å². The van der Waals surface area contributed by atoms with E-state index in [4.69, 9.17) is 4.74 Å². The van der Waals surface area contributed by atoms with Crippen LogP contribution in [0.5, 0.6) is 0 Å². The number of esters is 1. The fourth-order valence-corrected chi connectivity index (χ4v) is 4.66. The molecule has 0 spiro atoms. The van der Waals surface area contributed by atoms with Gasteiger partial charge in [-0.1, -0.05) is 6.92 Å². The minimum absolute atomic E-state index is 0.0239. The maximum absolute atomic E-state index is 15.2. The SMILES string of the molecule is CCc1cnc(N2CCC(n3cc(F)c4c(Nc5ccc(C(=O)OC(C)(C)C)cc5F)ncnc43)CC2)nc1. The molecule has 0 radical (unpaired) electrons. The largest absolute Gasteiger partial charge is 0.456 e. The Morgan fingerprint density at radius 1 is 1.08 bits per heavy atom. The van der Waals surface area contributed by atoms with Gasteiger partial charge in [0.25, 0.3) is 0 Å². The molecule has 0 atom stereocenters. The molecule has 11 heteroatoms. The number of aryl methyl sites for hydroxylation is 1. The number of hydrogen-bond donors (Lipinski definition) is 1. The Morgan fingerprint density at radius 3 is 2.44 bits per heavy atom. The summed E-state index contributed by atoms with van der Waals surface area (Å²) in [6, 6.07) is 3.97. The standard InChI is InChI=1S/C28H31F2N7O2/c1-5-17-13-31-27(32-14-17)36-10-8-19(9-11-36)37-15-21(30)23-24(33-16-34-25(23)37)35-22-7-6-18(12-20(22)29)26(38)39-28(2,3)4/h6-7,12-16,19H,5,8-11H2,1-4H3,(H,33,34,35). The molecule has 1 aliphatic rings. The van der Waals surface area contributed by atoms with Crippen LogP contribution in [-0.4, -0.2) is 49.2 Å². The van der Waals surface area contributed by atoms with Crippen molar-refractivity contribution >= 4 is 34.5 Å². The number of anilines is 3. The summed E-state index contributed by atoms with van der Waals surface area (Å²) in [5.74, 6) is -0.979. The lowest BCUT2D eigenvalue weighted by atomic mass is 10.1. The fourth-order valence-electron chi connectivity index (χ4n) is 4.66. The zero-order chi connectivity index (χ0) is 27.7. The summed E-state index contributed by atoms with van der Waals surface area (Å²) >= 11 is 0. The number of halogens is 2. The number of rotatable bonds is 6. The number of carbonyl (C=O) groups is 1. The average Bonchev–Trinajstić information content (AvgIpc) is 3.26. The lowest BCUT2D eigenvalue weighted by molar-refractivity contribution is 0.00690. The first-order valence-electron chi connectivity index (χ1n) is 13.0. The van der Waals surface area contributed by atoms with Gasteiger partial charge >= 0.3 is 5.97 Å². The summed E-state index contributed by atoms with van der Waals surface area (Å²) < 4.78 is 37.3. The van der Waals surface area contributed by atoms with Crippen molar-refractivity contribution in [1.82, 2.24) is 24.5 Å². The number of ether oxygens (including phenoxy) is 1. The Hall–Kier alpha value is -4.15. The van der Waals surface area contributed by atoms with Gasteiger partial charge in [-0.2, -0.15) is 0 Å². The number of fused-ring (bicyclic) bond motifs is 1. The first-order chi connectivity index (χ1) is 18.6. The molecule has 5 rings (SSSR count). The smallest absolute Gasteiger partial charge is 0.338 e. The van der Waals surface area contributed by atoms with E-state index in [2.05, 4.69) is 37.1 Å². The summed E-state index contributed by atoms with van der Waals surface area (Å²) in [6.45, 7) is 8.72. The average molecular weight is 536 g/mol. The molecule has 9 nitrogen and oxygen atoms in total. The van der Waals surface area contributed by atoms with Gasteiger partial charge in [0.05, 0.1) is 16.6 Å². The topological polar surface area (TPSA) is 98.1 Å². The first-order valence-corrected chi connectivity index (χ1v) is 13.0. The van der Waals surface area contributed by atoms with Crippen LogP contribution in [0.1, 0.15) is 62.5 Å². The number of carbonyl (C=O) groups excluding carboxylic acids is 1. The van der Waals surface area contributed by atoms with Crippen LogP contribution in [0.3, 0.4) is 0 Å². The Balaban J connectivity index is 1.34. The number of hydrogen-bond acceptors (Lipinski definition) is 8. The van der Waals surface area contributed by atoms with Crippen molar-refractivity contribution in [2.24, 2.45) is 0 Å². The van der Waals surface area contributed by atoms with E-state index in [-0.39, 0.29) is 28.5 Å². The van der Waals surface area contributed by atoms with Crippen LogP contribution >= 0.6 is 0 Å². The number of benzene rings is 1. The number of aromatic nitrogens is 5. The number of nitrogens with one attached hydrogen (secondary N) is 1. The van der Waals surface area contributed by atoms with E-state index in [1.165, 1.54) is 24.7 Å². The molecule has 0 saturated carbocycles. The summed E-state index contributed by atoms with van der Waals surface area (Å²) in [5, 5.41) is 3.04. The highest BCUT2D eigenvalue weighted by Gasteiger charge is 2.26. The van der Waals surface area contributed by atoms with Crippen molar-refractivity contribution in [3.63, 3.8) is 0 Å². The van der Waals surface area contributed by atoms with Crippen molar-refractivity contribution < 1.29 is 18.3 Å². The van der Waals surface area contributed by atoms with Gasteiger partial charge in [-0.05, 0) is 63.8 Å². The predicted octanol–water partition coefficient (Wildman–Crippen LogP) is 5.60. The summed E-state index contributed by atoms with van der Waals surface area (Å²) in [7, 11) is 0. The second-order valence-electron chi connectivity index (χ2n) is 10.6. The molecule has 0 amide bonds. The fraction of sp³-hybridized carbons (Fsp3) is 0.393. The van der Waals surface area contributed by atoms with Crippen molar-refractivity contribution in [2.75, 3.05) is 23.3 Å². The van der Waals surface area contributed by atoms with Crippen molar-refractivity contribution in [1.29, 1.82) is 0 Å². The highest BCUT2D eigenvalue weighted by atomic mass is 19.1. The molecular weight excluding hydrogens is 504 g/mol. The van der Waals surface area contributed by atoms with Gasteiger partial charge in [0.15, 0.2) is 5.82 Å². The third-order valence-corrected chi connectivity index (χ3v) is 6.66. The molecule has 1 fully saturated rings. The van der Waals surface area contributed by atoms with Gasteiger partial charge in [0, 0.05) is 37.7 Å². The Labute approximate surface area is 225 Å². The molecular formula is C28H31F2N7O2. The van der Waals surface area contributed by atoms with Crippen LogP contribution in [0.25, 0.3) is 11.0 Å². The number of piperidine rings is 1. The second kappa shape index (κ2) is 10.5. The monoisotopic (exact) mass is 535 g/mol. The molecule has 0 aliphatic carbocycles. The predicted molar refractivity (Wildman–Crippen MR) is 144 cm³/mol. The Bertz CT molecular complexity index is 1490. The van der Waals surface area contributed by atoms with Crippen molar-refractivity contribution in [3.8, 4) is 0 Å². The zero-order valence-corrected chi connectivity index (χ0v) is 22.4. The van der Waals surface area contributed by atoms with Crippen LogP contribution in [0.4, 0.5) is 26.2 Å². The molecule has 4 heterocycles. The molecule has 4 aromatic rings. The molecule has 1 aromatic carbocycles. The minimum Gasteiger partial charge on any atom is -0.456 e. The van der Waals surface area contributed by atoms with E-state index in [9.17, 15) is 9.18 Å². The van der Waals surface area contributed by atoms with Crippen LogP contribution in [0.2, 0.25) is 0 Å². The van der Waals surface area contributed by atoms with Crippen molar-refractivity contribution in [2.45, 2.75) is 58.6 Å². The number of nitrogens with zero attached hydrogens (tertiary/aromatic N) is 6. The molecule has 1 saturated heterocycles. The molecule has 39 heavy (non-hydrogen) atoms. The van der Waals surface area contributed by atoms with Crippen LogP contribution in [-0.2, 0) is 11.2 Å². The minimum atomic E-state index is -0.702. The van der Waals surface area contributed by atoms with E-state index in [1.807, 2.05) is 17.0 Å². The van der Waals surface area contributed by atoms with Crippen molar-refractivity contribution in [3.05, 3.63) is 65.9 Å². The van der Waals surface area contributed by atoms with Gasteiger partial charge in [-0.15, -0.1) is 0 Å². The maximum atomic E-state index is 15.2. The normalized spacial score (nSPS) is 14.6. The second-order valence-corrected chi connectivity index (χ2v) is 10.6. The van der Waals surface area contributed by atoms with Crippen LogP contribution in [0.15, 0.2) is 43.1 Å². The molecule has 1 aliphatic heterocycles. The zero-order valence-electron chi connectivity index (χ0n) is 22.4. The lowest BCUT2D eigenvalue weighted by Crippen LogP contribution is -2.35. The highest BCUT2D eigenvalue weighted by molar-refractivity contribution is 5.92. The van der Waals surface area contributed by atoms with E-state index in [0.717, 1.165) is 44.0 Å². The lowest BCUT2D eigenvalue weighted by Gasteiger charge is -2.32. The molecule has 204 valence electrons. The molecule has 0 unspecified atom stereocenters. The van der Waals surface area contributed by atoms with E-state index in [1.54, 1.807) is 20.8 Å². The quantitative estimate of drug-likeness (QED) is 0.319. The van der Waals surface area contributed by atoms with Crippen LogP contribution < -0.4 is 10.2 Å². The first kappa shape index (κ1) is 26.5. The van der Waals surface area contributed by atoms with Gasteiger partial charge in [-0.25, -0.2) is 33.5 Å². The maximum Gasteiger partial charge on any atom is 0.338 e. The van der Waals surface area contributed by atoms with E-state index >= 15 is 4.39 Å². The highest BCUT2D eigenvalue weighted by Crippen LogP contribution is 2.33. The summed E-state index contributed by atoms with van der Waals surface area (Å²) in [6.07, 6.45) is 8.86. The molecule has 3 aromatic heterocycles. The Kier molecular flexibility index (Phi) is 7.16. The van der Waals surface area contributed by atoms with Gasteiger partial charge in [0.1, 0.15) is 29.2 Å². The summed E-state index contributed by atoms with van der Waals surface area (Å²) in [5.41, 5.74) is 0.948. The molecule has 0 bridgehead atoms. The van der Waals surface area contributed by atoms with Gasteiger partial charge in [0.2, 0.25) is 5.95 Å². The van der Waals surface area contributed by atoms with Gasteiger partial charge in [-0.3, -0.25) is 0 Å². The van der Waals surface area contributed by atoms with E-state index < -0.39 is 23.2 Å².